The predicted octanol–water partition coefficient (Wildman–Crippen LogP) is 1.61. The number of nitriles is 1. The maximum Gasteiger partial charge on any atom is 0.187 e. The molecule has 0 aliphatic heterocycles. The average molecular weight is 256 g/mol. The van der Waals surface area contributed by atoms with Gasteiger partial charge in [0.1, 0.15) is 17.8 Å². The van der Waals surface area contributed by atoms with Crippen LogP contribution in [0.3, 0.4) is 0 Å². The summed E-state index contributed by atoms with van der Waals surface area (Å²) in [5.41, 5.74) is 7.37. The zero-order valence-electron chi connectivity index (χ0n) is 10.5. The Morgan fingerprint density at radius 3 is 2.63 bits per heavy atom. The van der Waals surface area contributed by atoms with Gasteiger partial charge in [0.2, 0.25) is 0 Å². The molecule has 1 aromatic heterocycles. The van der Waals surface area contributed by atoms with E-state index in [9.17, 15) is 0 Å². The minimum atomic E-state index is 0.233. The fourth-order valence-corrected chi connectivity index (χ4v) is 1.74. The molecule has 0 amide bonds. The molecule has 1 aromatic carbocycles. The van der Waals surface area contributed by atoms with Gasteiger partial charge in [-0.05, 0) is 18.2 Å². The Hall–Kier alpha value is -2.81. The van der Waals surface area contributed by atoms with Crippen molar-refractivity contribution in [2.24, 2.45) is 0 Å². The Morgan fingerprint density at radius 2 is 2.00 bits per heavy atom. The number of rotatable bonds is 3. The van der Waals surface area contributed by atoms with Crippen LogP contribution in [0.1, 0.15) is 5.56 Å². The molecule has 0 unspecified atom stereocenters. The Labute approximate surface area is 110 Å². The lowest BCUT2D eigenvalue weighted by Gasteiger charge is -2.12. The number of nitrogens with two attached hydrogens (primary N) is 1. The minimum Gasteiger partial charge on any atom is -0.496 e. The van der Waals surface area contributed by atoms with Gasteiger partial charge in [-0.2, -0.15) is 5.26 Å². The van der Waals surface area contributed by atoms with Crippen molar-refractivity contribution in [1.82, 2.24) is 9.97 Å². The highest BCUT2D eigenvalue weighted by atomic mass is 16.5. The molecule has 6 heteroatoms. The molecule has 0 aliphatic rings. The number of nitrogens with zero attached hydrogens (tertiary/aromatic N) is 3. The first kappa shape index (κ1) is 12.6. The lowest BCUT2D eigenvalue weighted by Crippen LogP contribution is -2.01. The lowest BCUT2D eigenvalue weighted by atomic mass is 10.1. The summed E-state index contributed by atoms with van der Waals surface area (Å²) in [7, 11) is 3.03. The molecule has 2 N–H and O–H groups in total. The van der Waals surface area contributed by atoms with Gasteiger partial charge in [0.15, 0.2) is 11.6 Å². The number of aromatic nitrogens is 2. The topological polar surface area (TPSA) is 94.0 Å². The summed E-state index contributed by atoms with van der Waals surface area (Å²) in [6.45, 7) is 0. The predicted molar refractivity (Wildman–Crippen MR) is 69.7 cm³/mol. The molecule has 0 radical (unpaired) electrons. The molecular formula is C13H12N4O2. The third-order valence-corrected chi connectivity index (χ3v) is 2.62. The third-order valence-electron chi connectivity index (χ3n) is 2.62. The maximum absolute atomic E-state index is 8.97. The van der Waals surface area contributed by atoms with E-state index >= 15 is 0 Å². The van der Waals surface area contributed by atoms with Gasteiger partial charge >= 0.3 is 0 Å². The highest BCUT2D eigenvalue weighted by Gasteiger charge is 2.16. The van der Waals surface area contributed by atoms with E-state index in [1.165, 1.54) is 13.4 Å². The molecule has 19 heavy (non-hydrogen) atoms. The van der Waals surface area contributed by atoms with Crippen molar-refractivity contribution >= 4 is 5.82 Å². The van der Waals surface area contributed by atoms with Crippen molar-refractivity contribution in [2.75, 3.05) is 20.0 Å². The van der Waals surface area contributed by atoms with Gasteiger partial charge in [-0.25, -0.2) is 9.97 Å². The van der Waals surface area contributed by atoms with Crippen molar-refractivity contribution < 1.29 is 9.47 Å². The first-order valence-electron chi connectivity index (χ1n) is 5.44. The van der Waals surface area contributed by atoms with E-state index < -0.39 is 0 Å². The first-order valence-corrected chi connectivity index (χ1v) is 5.44. The third kappa shape index (κ3) is 2.26. The summed E-state index contributed by atoms with van der Waals surface area (Å²) in [4.78, 5) is 8.03. The molecule has 0 aliphatic carbocycles. The number of benzene rings is 1. The van der Waals surface area contributed by atoms with Crippen LogP contribution in [0, 0.1) is 11.3 Å². The van der Waals surface area contributed by atoms with Crippen LogP contribution in [0.25, 0.3) is 11.3 Å². The van der Waals surface area contributed by atoms with Crippen molar-refractivity contribution in [3.05, 3.63) is 30.1 Å². The highest BCUT2D eigenvalue weighted by Crippen LogP contribution is 2.37. The van der Waals surface area contributed by atoms with Crippen molar-refractivity contribution in [2.45, 2.75) is 0 Å². The summed E-state index contributed by atoms with van der Waals surface area (Å²) in [5.74, 6) is 1.17. The summed E-state index contributed by atoms with van der Waals surface area (Å²) >= 11 is 0. The van der Waals surface area contributed by atoms with E-state index in [1.54, 1.807) is 25.3 Å². The van der Waals surface area contributed by atoms with Crippen LogP contribution in [0.2, 0.25) is 0 Å². The number of anilines is 1. The smallest absolute Gasteiger partial charge is 0.187 e. The van der Waals surface area contributed by atoms with Crippen LogP contribution in [0.5, 0.6) is 11.5 Å². The highest BCUT2D eigenvalue weighted by molar-refractivity contribution is 5.77. The van der Waals surface area contributed by atoms with Gasteiger partial charge in [-0.15, -0.1) is 0 Å². The zero-order chi connectivity index (χ0) is 13.8. The molecule has 0 spiro atoms. The normalized spacial score (nSPS) is 9.74. The van der Waals surface area contributed by atoms with Crippen molar-refractivity contribution in [1.29, 1.82) is 5.26 Å². The van der Waals surface area contributed by atoms with Crippen LogP contribution in [0.4, 0.5) is 5.82 Å². The maximum atomic E-state index is 8.97. The molecule has 96 valence electrons. The van der Waals surface area contributed by atoms with Gasteiger partial charge < -0.3 is 15.2 Å². The Balaban J connectivity index is 2.71. The molecule has 0 saturated carbocycles. The van der Waals surface area contributed by atoms with E-state index in [2.05, 4.69) is 16.0 Å². The standard InChI is InChI=1S/C13H12N4O2/c1-18-10-4-3-8(6-14)5-9(10)11-12(19-2)13(15)17-7-16-11/h3-5,7H,1-2H3,(H2,15,16,17). The molecule has 2 rings (SSSR count). The summed E-state index contributed by atoms with van der Waals surface area (Å²) in [6.07, 6.45) is 1.34. The average Bonchev–Trinajstić information content (AvgIpc) is 2.46. The van der Waals surface area contributed by atoms with E-state index in [-0.39, 0.29) is 5.82 Å². The molecule has 0 bridgehead atoms. The fourth-order valence-electron chi connectivity index (χ4n) is 1.74. The Kier molecular flexibility index (Phi) is 3.48. The second-order valence-corrected chi connectivity index (χ2v) is 3.67. The number of methoxy groups -OCH3 is 2. The first-order chi connectivity index (χ1) is 9.21. The van der Waals surface area contributed by atoms with Crippen LogP contribution < -0.4 is 15.2 Å². The largest absolute Gasteiger partial charge is 0.496 e. The van der Waals surface area contributed by atoms with Crippen LogP contribution in [-0.2, 0) is 0 Å². The van der Waals surface area contributed by atoms with E-state index in [1.807, 2.05) is 0 Å². The van der Waals surface area contributed by atoms with Gasteiger partial charge in [0, 0.05) is 5.56 Å². The SMILES string of the molecule is COc1ccc(C#N)cc1-c1ncnc(N)c1OC. The zero-order valence-corrected chi connectivity index (χ0v) is 10.5. The van der Waals surface area contributed by atoms with E-state index in [4.69, 9.17) is 20.5 Å². The van der Waals surface area contributed by atoms with E-state index in [0.29, 0.717) is 28.3 Å². The Morgan fingerprint density at radius 1 is 1.21 bits per heavy atom. The van der Waals surface area contributed by atoms with Gasteiger partial charge in [0.25, 0.3) is 0 Å². The van der Waals surface area contributed by atoms with Crippen molar-refractivity contribution in [3.63, 3.8) is 0 Å². The number of ether oxygens (including phenoxy) is 2. The Bertz CT molecular complexity index is 650. The summed E-state index contributed by atoms with van der Waals surface area (Å²) in [6, 6.07) is 7.11. The number of hydrogen-bond donors (Lipinski definition) is 1. The minimum absolute atomic E-state index is 0.233. The summed E-state index contributed by atoms with van der Waals surface area (Å²) in [5, 5.41) is 8.97. The van der Waals surface area contributed by atoms with Crippen LogP contribution in [0.15, 0.2) is 24.5 Å². The summed E-state index contributed by atoms with van der Waals surface area (Å²) < 4.78 is 10.5. The molecule has 1 heterocycles. The van der Waals surface area contributed by atoms with Gasteiger partial charge in [-0.3, -0.25) is 0 Å². The van der Waals surface area contributed by atoms with Crippen molar-refractivity contribution in [3.8, 4) is 28.8 Å². The number of nitrogen functional groups attached to an aromatic ring is 1. The van der Waals surface area contributed by atoms with E-state index in [0.717, 1.165) is 0 Å². The quantitative estimate of drug-likeness (QED) is 0.896. The molecule has 6 nitrogen and oxygen atoms in total. The lowest BCUT2D eigenvalue weighted by molar-refractivity contribution is 0.409. The van der Waals surface area contributed by atoms with Gasteiger partial charge in [-0.1, -0.05) is 0 Å². The molecule has 0 saturated heterocycles. The second kappa shape index (κ2) is 5.23. The molecule has 2 aromatic rings. The molecule has 0 fully saturated rings. The van der Waals surface area contributed by atoms with Crippen LogP contribution in [-0.4, -0.2) is 24.2 Å². The van der Waals surface area contributed by atoms with Crippen LogP contribution >= 0.6 is 0 Å². The van der Waals surface area contributed by atoms with Gasteiger partial charge in [0.05, 0.1) is 25.9 Å². The second-order valence-electron chi connectivity index (χ2n) is 3.67. The molecule has 0 atom stereocenters. The molecular weight excluding hydrogens is 244 g/mol. The number of hydrogen-bond acceptors (Lipinski definition) is 6. The fraction of sp³-hybridized carbons (Fsp3) is 0.154. The monoisotopic (exact) mass is 256 g/mol.